The third kappa shape index (κ3) is 1.63. The van der Waals surface area contributed by atoms with Crippen LogP contribution in [0.15, 0.2) is 35.9 Å². The van der Waals surface area contributed by atoms with Crippen LogP contribution in [-0.4, -0.2) is 0 Å². The van der Waals surface area contributed by atoms with E-state index in [0.29, 0.717) is 0 Å². The van der Waals surface area contributed by atoms with Crippen LogP contribution in [0.5, 0.6) is 0 Å². The van der Waals surface area contributed by atoms with E-state index in [1.165, 1.54) is 17.2 Å². The van der Waals surface area contributed by atoms with Gasteiger partial charge in [-0.1, -0.05) is 23.8 Å². The maximum Gasteiger partial charge on any atom is 0.123 e. The fourth-order valence-electron chi connectivity index (χ4n) is 1.77. The van der Waals surface area contributed by atoms with E-state index in [2.05, 4.69) is 26.0 Å². The van der Waals surface area contributed by atoms with E-state index in [0.717, 1.165) is 17.6 Å². The third-order valence-electron chi connectivity index (χ3n) is 2.37. The molecule has 72 valence electrons. The molecule has 1 aromatic rings. The van der Waals surface area contributed by atoms with Gasteiger partial charge in [-0.3, -0.25) is 0 Å². The Morgan fingerprint density at radius 2 is 2.14 bits per heavy atom. The van der Waals surface area contributed by atoms with Crippen molar-refractivity contribution in [2.75, 3.05) is 0 Å². The van der Waals surface area contributed by atoms with Gasteiger partial charge in [-0.25, -0.2) is 4.39 Å². The van der Waals surface area contributed by atoms with Crippen LogP contribution in [0.4, 0.5) is 4.39 Å². The largest absolute Gasteiger partial charge is 0.207 e. The van der Waals surface area contributed by atoms with Gasteiger partial charge < -0.3 is 0 Å². The van der Waals surface area contributed by atoms with Crippen LogP contribution in [0, 0.1) is 5.82 Å². The van der Waals surface area contributed by atoms with Crippen molar-refractivity contribution >= 4 is 5.57 Å². The van der Waals surface area contributed by atoms with Crippen molar-refractivity contribution in [3.8, 4) is 0 Å². The second-order valence-electron chi connectivity index (χ2n) is 3.89. The quantitative estimate of drug-likeness (QED) is 0.630. The Morgan fingerprint density at radius 3 is 2.86 bits per heavy atom. The van der Waals surface area contributed by atoms with E-state index >= 15 is 0 Å². The molecular weight excluding hydrogens is 175 g/mol. The van der Waals surface area contributed by atoms with Gasteiger partial charge in [0.05, 0.1) is 0 Å². The van der Waals surface area contributed by atoms with E-state index in [-0.39, 0.29) is 5.82 Å². The predicted molar refractivity (Wildman–Crippen MR) is 57.5 cm³/mol. The highest BCUT2D eigenvalue weighted by molar-refractivity contribution is 5.80. The summed E-state index contributed by atoms with van der Waals surface area (Å²) < 4.78 is 13.0. The lowest BCUT2D eigenvalue weighted by Gasteiger charge is -2.02. The predicted octanol–water partition coefficient (Wildman–Crippen LogP) is 3.73. The van der Waals surface area contributed by atoms with Gasteiger partial charge in [0.15, 0.2) is 0 Å². The van der Waals surface area contributed by atoms with Crippen LogP contribution in [0.3, 0.4) is 0 Å². The molecule has 14 heavy (non-hydrogen) atoms. The number of rotatable bonds is 1. The summed E-state index contributed by atoms with van der Waals surface area (Å²) in [6, 6.07) is 5.01. The van der Waals surface area contributed by atoms with Gasteiger partial charge in [0, 0.05) is 0 Å². The number of benzene rings is 1. The molecular formula is C13H13F. The second kappa shape index (κ2) is 3.41. The van der Waals surface area contributed by atoms with Crippen LogP contribution in [0.25, 0.3) is 5.57 Å². The van der Waals surface area contributed by atoms with E-state index in [1.807, 2.05) is 6.07 Å². The molecule has 0 bridgehead atoms. The van der Waals surface area contributed by atoms with E-state index in [1.54, 1.807) is 6.07 Å². The van der Waals surface area contributed by atoms with Gasteiger partial charge in [-0.15, -0.1) is 0 Å². The molecule has 1 heteroatoms. The number of hydrogen-bond donors (Lipinski definition) is 0. The molecule has 0 aromatic heterocycles. The van der Waals surface area contributed by atoms with Gasteiger partial charge in [0.25, 0.3) is 0 Å². The monoisotopic (exact) mass is 188 g/mol. The molecule has 1 aliphatic carbocycles. The number of fused-ring (bicyclic) bond motifs is 1. The highest BCUT2D eigenvalue weighted by Gasteiger charge is 2.12. The SMILES string of the molecule is CC(C)=CC1=CCc2ccc(F)cc21. The number of hydrogen-bond acceptors (Lipinski definition) is 0. The molecule has 0 radical (unpaired) electrons. The van der Waals surface area contributed by atoms with Crippen molar-refractivity contribution in [1.82, 2.24) is 0 Å². The summed E-state index contributed by atoms with van der Waals surface area (Å²) in [4.78, 5) is 0. The van der Waals surface area contributed by atoms with Crippen molar-refractivity contribution in [2.45, 2.75) is 20.3 Å². The van der Waals surface area contributed by atoms with Gasteiger partial charge >= 0.3 is 0 Å². The Balaban J connectivity index is 2.45. The van der Waals surface area contributed by atoms with Gasteiger partial charge in [-0.05, 0) is 49.1 Å². The van der Waals surface area contributed by atoms with Gasteiger partial charge in [0.1, 0.15) is 5.82 Å². The summed E-state index contributed by atoms with van der Waals surface area (Å²) in [5, 5.41) is 0. The molecule has 0 unspecified atom stereocenters. The molecule has 0 aliphatic heterocycles. The fraction of sp³-hybridized carbons (Fsp3) is 0.231. The van der Waals surface area contributed by atoms with Crippen LogP contribution in [0.2, 0.25) is 0 Å². The van der Waals surface area contributed by atoms with Crippen LogP contribution in [-0.2, 0) is 6.42 Å². The Labute approximate surface area is 83.8 Å². The first-order chi connectivity index (χ1) is 6.66. The zero-order valence-electron chi connectivity index (χ0n) is 8.47. The maximum absolute atomic E-state index is 13.0. The number of allylic oxidation sites excluding steroid dienone is 4. The Hall–Kier alpha value is -1.37. The average Bonchev–Trinajstić information content (AvgIpc) is 2.47. The highest BCUT2D eigenvalue weighted by atomic mass is 19.1. The van der Waals surface area contributed by atoms with E-state index in [9.17, 15) is 4.39 Å². The summed E-state index contributed by atoms with van der Waals surface area (Å²) in [5.41, 5.74) is 4.66. The van der Waals surface area contributed by atoms with Crippen molar-refractivity contribution in [2.24, 2.45) is 0 Å². The van der Waals surface area contributed by atoms with E-state index in [4.69, 9.17) is 0 Å². The zero-order valence-corrected chi connectivity index (χ0v) is 8.47. The minimum atomic E-state index is -0.154. The van der Waals surface area contributed by atoms with Gasteiger partial charge in [-0.2, -0.15) is 0 Å². The topological polar surface area (TPSA) is 0 Å². The molecule has 1 aromatic carbocycles. The minimum absolute atomic E-state index is 0.154. The zero-order chi connectivity index (χ0) is 10.1. The third-order valence-corrected chi connectivity index (χ3v) is 2.37. The molecule has 0 saturated heterocycles. The van der Waals surface area contributed by atoms with Crippen LogP contribution in [0.1, 0.15) is 25.0 Å². The van der Waals surface area contributed by atoms with Gasteiger partial charge in [0.2, 0.25) is 0 Å². The first kappa shape index (κ1) is 9.20. The molecule has 1 aliphatic rings. The molecule has 0 fully saturated rings. The van der Waals surface area contributed by atoms with Crippen LogP contribution < -0.4 is 0 Å². The average molecular weight is 188 g/mol. The van der Waals surface area contributed by atoms with E-state index < -0.39 is 0 Å². The van der Waals surface area contributed by atoms with Crippen molar-refractivity contribution in [3.63, 3.8) is 0 Å². The minimum Gasteiger partial charge on any atom is -0.207 e. The molecule has 0 saturated carbocycles. The first-order valence-corrected chi connectivity index (χ1v) is 4.80. The lowest BCUT2D eigenvalue weighted by atomic mass is 10.0. The Bertz CT molecular complexity index is 421. The lowest BCUT2D eigenvalue weighted by Crippen LogP contribution is -1.85. The standard InChI is InChI=1S/C13H13F/c1-9(2)7-11-4-3-10-5-6-12(14)8-13(10)11/h4-8H,3H2,1-2H3. The maximum atomic E-state index is 13.0. The van der Waals surface area contributed by atoms with Crippen LogP contribution >= 0.6 is 0 Å². The highest BCUT2D eigenvalue weighted by Crippen LogP contribution is 2.29. The summed E-state index contributed by atoms with van der Waals surface area (Å²) in [7, 11) is 0. The second-order valence-corrected chi connectivity index (χ2v) is 3.89. The molecule has 0 amide bonds. The summed E-state index contributed by atoms with van der Waals surface area (Å²) in [6.07, 6.45) is 5.18. The summed E-state index contributed by atoms with van der Waals surface area (Å²) in [6.45, 7) is 4.11. The van der Waals surface area contributed by atoms with Crippen molar-refractivity contribution in [3.05, 3.63) is 52.9 Å². The molecule has 0 spiro atoms. The molecule has 0 atom stereocenters. The summed E-state index contributed by atoms with van der Waals surface area (Å²) >= 11 is 0. The van der Waals surface area contributed by atoms with Crippen molar-refractivity contribution < 1.29 is 4.39 Å². The van der Waals surface area contributed by atoms with Crippen molar-refractivity contribution in [1.29, 1.82) is 0 Å². The molecule has 0 heterocycles. The molecule has 0 nitrogen and oxygen atoms in total. The normalized spacial score (nSPS) is 13.5. The fourth-order valence-corrected chi connectivity index (χ4v) is 1.77. The molecule has 0 N–H and O–H groups in total. The Kier molecular flexibility index (Phi) is 2.24. The first-order valence-electron chi connectivity index (χ1n) is 4.80. The number of halogens is 1. The smallest absolute Gasteiger partial charge is 0.123 e. The lowest BCUT2D eigenvalue weighted by molar-refractivity contribution is 0.627. The Morgan fingerprint density at radius 1 is 1.36 bits per heavy atom. The molecule has 2 rings (SSSR count). The summed E-state index contributed by atoms with van der Waals surface area (Å²) in [5.74, 6) is -0.154.